The normalized spacial score (nSPS) is 12.2. The van der Waals surface area contributed by atoms with Crippen LogP contribution in [0.3, 0.4) is 0 Å². The van der Waals surface area contributed by atoms with E-state index in [2.05, 4.69) is 40.8 Å². The Bertz CT molecular complexity index is 358. The lowest BCUT2D eigenvalue weighted by Gasteiger charge is -2.14. The van der Waals surface area contributed by atoms with Gasteiger partial charge in [0.25, 0.3) is 0 Å². The second-order valence-corrected chi connectivity index (χ2v) is 5.48. The van der Waals surface area contributed by atoms with Gasteiger partial charge in [-0.3, -0.25) is 0 Å². The number of nitrogens with one attached hydrogen (secondary N) is 2. The molecule has 1 heterocycles. The highest BCUT2D eigenvalue weighted by Crippen LogP contribution is 2.21. The number of nitrogens with two attached hydrogens (primary N) is 1. The molecule has 0 saturated carbocycles. The van der Waals surface area contributed by atoms with Gasteiger partial charge >= 0.3 is 0 Å². The van der Waals surface area contributed by atoms with Crippen LogP contribution in [-0.4, -0.2) is 28.0 Å². The second-order valence-electron chi connectivity index (χ2n) is 4.21. The molecular weight excluding hydrogens is 246 g/mol. The lowest BCUT2D eigenvalue weighted by Crippen LogP contribution is -2.15. The molecule has 102 valence electrons. The summed E-state index contributed by atoms with van der Waals surface area (Å²) in [4.78, 5) is 8.45. The van der Waals surface area contributed by atoms with Crippen LogP contribution in [0.15, 0.2) is 6.33 Å². The monoisotopic (exact) mass is 269 g/mol. The summed E-state index contributed by atoms with van der Waals surface area (Å²) in [7, 11) is 0. The molecule has 1 aromatic heterocycles. The minimum Gasteiger partial charge on any atom is -0.370 e. The molecule has 0 aliphatic carbocycles. The minimum absolute atomic E-state index is 0.654. The molecule has 0 bridgehead atoms. The van der Waals surface area contributed by atoms with E-state index in [4.69, 9.17) is 5.84 Å². The van der Waals surface area contributed by atoms with Crippen LogP contribution in [0, 0.1) is 0 Å². The fourth-order valence-electron chi connectivity index (χ4n) is 1.69. The Hall–Kier alpha value is -1.01. The van der Waals surface area contributed by atoms with Gasteiger partial charge in [0, 0.05) is 17.4 Å². The van der Waals surface area contributed by atoms with Crippen molar-refractivity contribution in [2.45, 2.75) is 38.4 Å². The average Bonchev–Trinajstić information content (AvgIpc) is 2.40. The van der Waals surface area contributed by atoms with Gasteiger partial charge in [-0.25, -0.2) is 15.8 Å². The van der Waals surface area contributed by atoms with Gasteiger partial charge in [-0.1, -0.05) is 20.3 Å². The maximum absolute atomic E-state index is 5.48. The lowest BCUT2D eigenvalue weighted by atomic mass is 10.1. The third-order valence-corrected chi connectivity index (χ3v) is 3.87. The fourth-order valence-corrected chi connectivity index (χ4v) is 2.04. The van der Waals surface area contributed by atoms with Crippen molar-refractivity contribution in [1.82, 2.24) is 9.97 Å². The standard InChI is InChI=1S/C12H23N5S/c1-4-5-10-11(14-7-6-9(2)18-3)15-8-16-12(10)17-13/h8-9H,4-7,13H2,1-3H3,(H2,14,15,16,17). The number of rotatable bonds is 8. The molecular formula is C12H23N5S. The van der Waals surface area contributed by atoms with Gasteiger partial charge in [0.2, 0.25) is 0 Å². The van der Waals surface area contributed by atoms with Crippen LogP contribution >= 0.6 is 11.8 Å². The third-order valence-electron chi connectivity index (χ3n) is 2.83. The van der Waals surface area contributed by atoms with Gasteiger partial charge in [-0.2, -0.15) is 11.8 Å². The Labute approximate surface area is 113 Å². The van der Waals surface area contributed by atoms with E-state index in [0.717, 1.165) is 37.2 Å². The summed E-state index contributed by atoms with van der Waals surface area (Å²) >= 11 is 1.88. The van der Waals surface area contributed by atoms with Crippen LogP contribution in [0.1, 0.15) is 32.3 Å². The van der Waals surface area contributed by atoms with Crippen molar-refractivity contribution in [2.24, 2.45) is 5.84 Å². The molecule has 6 heteroatoms. The lowest BCUT2D eigenvalue weighted by molar-refractivity contribution is 0.839. The molecule has 0 aromatic carbocycles. The van der Waals surface area contributed by atoms with Crippen LogP contribution < -0.4 is 16.6 Å². The highest BCUT2D eigenvalue weighted by Gasteiger charge is 2.09. The zero-order valence-corrected chi connectivity index (χ0v) is 12.2. The zero-order valence-electron chi connectivity index (χ0n) is 11.4. The average molecular weight is 269 g/mol. The van der Waals surface area contributed by atoms with Gasteiger partial charge in [0.15, 0.2) is 0 Å². The van der Waals surface area contributed by atoms with E-state index in [1.54, 1.807) is 0 Å². The third kappa shape index (κ3) is 4.34. The predicted molar refractivity (Wildman–Crippen MR) is 79.9 cm³/mol. The number of aromatic nitrogens is 2. The Morgan fingerprint density at radius 3 is 2.72 bits per heavy atom. The van der Waals surface area contributed by atoms with Crippen LogP contribution in [0.4, 0.5) is 11.6 Å². The topological polar surface area (TPSA) is 75.9 Å². The van der Waals surface area contributed by atoms with Gasteiger partial charge in [-0.15, -0.1) is 0 Å². The van der Waals surface area contributed by atoms with Crippen molar-refractivity contribution in [3.8, 4) is 0 Å². The molecule has 0 saturated heterocycles. The van der Waals surface area contributed by atoms with E-state index in [-0.39, 0.29) is 0 Å². The zero-order chi connectivity index (χ0) is 13.4. The molecule has 18 heavy (non-hydrogen) atoms. The maximum Gasteiger partial charge on any atom is 0.148 e. The van der Waals surface area contributed by atoms with Crippen molar-refractivity contribution in [3.63, 3.8) is 0 Å². The van der Waals surface area contributed by atoms with Crippen LogP contribution in [0.2, 0.25) is 0 Å². The summed E-state index contributed by atoms with van der Waals surface area (Å²) in [6.07, 6.45) is 6.74. The molecule has 5 nitrogen and oxygen atoms in total. The largest absolute Gasteiger partial charge is 0.370 e. The van der Waals surface area contributed by atoms with Gasteiger partial charge in [-0.05, 0) is 19.1 Å². The van der Waals surface area contributed by atoms with E-state index in [0.29, 0.717) is 11.1 Å². The molecule has 0 aliphatic heterocycles. The molecule has 1 aromatic rings. The molecule has 0 amide bonds. The summed E-state index contributed by atoms with van der Waals surface area (Å²) in [6, 6.07) is 0. The van der Waals surface area contributed by atoms with E-state index in [9.17, 15) is 0 Å². The van der Waals surface area contributed by atoms with Gasteiger partial charge < -0.3 is 10.7 Å². The number of hydrazine groups is 1. The Morgan fingerprint density at radius 2 is 2.11 bits per heavy atom. The van der Waals surface area contributed by atoms with E-state index >= 15 is 0 Å². The van der Waals surface area contributed by atoms with Crippen molar-refractivity contribution in [2.75, 3.05) is 23.5 Å². The second kappa shape index (κ2) is 8.16. The van der Waals surface area contributed by atoms with Gasteiger partial charge in [0.05, 0.1) is 0 Å². The first kappa shape index (κ1) is 15.0. The molecule has 4 N–H and O–H groups in total. The molecule has 0 aliphatic rings. The number of anilines is 2. The van der Waals surface area contributed by atoms with Crippen LogP contribution in [0.5, 0.6) is 0 Å². The number of nitrogen functional groups attached to an aromatic ring is 1. The number of nitrogens with zero attached hydrogens (tertiary/aromatic N) is 2. The van der Waals surface area contributed by atoms with E-state index in [1.165, 1.54) is 6.33 Å². The molecule has 1 unspecified atom stereocenters. The summed E-state index contributed by atoms with van der Waals surface area (Å²) in [5.74, 6) is 7.09. The summed E-state index contributed by atoms with van der Waals surface area (Å²) < 4.78 is 0. The van der Waals surface area contributed by atoms with Gasteiger partial charge in [0.1, 0.15) is 18.0 Å². The van der Waals surface area contributed by atoms with Crippen molar-refractivity contribution in [3.05, 3.63) is 11.9 Å². The summed E-state index contributed by atoms with van der Waals surface area (Å²) in [5.41, 5.74) is 3.70. The molecule has 0 spiro atoms. The first-order valence-electron chi connectivity index (χ1n) is 6.30. The van der Waals surface area contributed by atoms with Crippen molar-refractivity contribution in [1.29, 1.82) is 0 Å². The Kier molecular flexibility index (Phi) is 6.82. The fraction of sp³-hybridized carbons (Fsp3) is 0.667. The molecule has 0 fully saturated rings. The SMILES string of the molecule is CCCc1c(NN)ncnc1NCCC(C)SC. The Morgan fingerprint density at radius 1 is 1.39 bits per heavy atom. The van der Waals surface area contributed by atoms with Crippen molar-refractivity contribution < 1.29 is 0 Å². The number of thioether (sulfide) groups is 1. The maximum atomic E-state index is 5.48. The predicted octanol–water partition coefficient (Wildman–Crippen LogP) is 2.27. The smallest absolute Gasteiger partial charge is 0.148 e. The minimum atomic E-state index is 0.654. The summed E-state index contributed by atoms with van der Waals surface area (Å²) in [5, 5.41) is 4.03. The van der Waals surface area contributed by atoms with Crippen LogP contribution in [0.25, 0.3) is 0 Å². The highest BCUT2D eigenvalue weighted by atomic mass is 32.2. The quantitative estimate of drug-likeness (QED) is 0.496. The van der Waals surface area contributed by atoms with E-state index < -0.39 is 0 Å². The summed E-state index contributed by atoms with van der Waals surface area (Å²) in [6.45, 7) is 5.28. The number of hydrogen-bond acceptors (Lipinski definition) is 6. The Balaban J connectivity index is 2.68. The molecule has 1 atom stereocenters. The molecule has 0 radical (unpaired) electrons. The van der Waals surface area contributed by atoms with E-state index in [1.807, 2.05) is 11.8 Å². The van der Waals surface area contributed by atoms with Crippen LogP contribution in [-0.2, 0) is 6.42 Å². The number of hydrogen-bond donors (Lipinski definition) is 3. The molecule has 1 rings (SSSR count). The highest BCUT2D eigenvalue weighted by molar-refractivity contribution is 7.99. The van der Waals surface area contributed by atoms with Crippen molar-refractivity contribution >= 4 is 23.4 Å². The first-order valence-corrected chi connectivity index (χ1v) is 7.58. The first-order chi connectivity index (χ1) is 8.72.